The SMILES string of the molecule is CSC1CCCCC1NC(=O)N1CCC(C(=O)O)C1. The third-order valence-electron chi connectivity index (χ3n) is 4.14. The number of thioether (sulfide) groups is 1. The fourth-order valence-corrected chi connectivity index (χ4v) is 3.88. The molecular formula is C13H22N2O3S. The summed E-state index contributed by atoms with van der Waals surface area (Å²) in [6.07, 6.45) is 7.25. The van der Waals surface area contributed by atoms with E-state index in [1.807, 2.05) is 11.8 Å². The minimum atomic E-state index is -0.796. The van der Waals surface area contributed by atoms with Gasteiger partial charge in [-0.1, -0.05) is 12.8 Å². The molecule has 0 radical (unpaired) electrons. The number of hydrogen-bond acceptors (Lipinski definition) is 3. The third kappa shape index (κ3) is 3.55. The van der Waals surface area contributed by atoms with Gasteiger partial charge in [-0.25, -0.2) is 4.79 Å². The molecule has 6 heteroatoms. The number of hydrogen-bond donors (Lipinski definition) is 2. The van der Waals surface area contributed by atoms with Crippen LogP contribution in [0.25, 0.3) is 0 Å². The van der Waals surface area contributed by atoms with Gasteiger partial charge in [-0.3, -0.25) is 4.79 Å². The summed E-state index contributed by atoms with van der Waals surface area (Å²) in [5.74, 6) is -1.19. The van der Waals surface area contributed by atoms with Gasteiger partial charge in [-0.05, 0) is 25.5 Å². The largest absolute Gasteiger partial charge is 0.481 e. The highest BCUT2D eigenvalue weighted by Crippen LogP contribution is 2.27. The molecule has 3 unspecified atom stereocenters. The minimum Gasteiger partial charge on any atom is -0.481 e. The van der Waals surface area contributed by atoms with E-state index in [0.717, 1.165) is 12.8 Å². The van der Waals surface area contributed by atoms with Crippen molar-refractivity contribution in [2.45, 2.75) is 43.4 Å². The molecule has 1 saturated carbocycles. The Bertz CT molecular complexity index is 351. The first-order valence-corrected chi connectivity index (χ1v) is 8.21. The summed E-state index contributed by atoms with van der Waals surface area (Å²) in [5.41, 5.74) is 0. The molecule has 0 aromatic rings. The normalized spacial score (nSPS) is 31.2. The molecule has 0 aromatic carbocycles. The number of urea groups is 1. The van der Waals surface area contributed by atoms with Crippen molar-refractivity contribution in [1.29, 1.82) is 0 Å². The third-order valence-corrected chi connectivity index (χ3v) is 5.31. The van der Waals surface area contributed by atoms with Gasteiger partial charge in [0.2, 0.25) is 0 Å². The quantitative estimate of drug-likeness (QED) is 0.829. The number of nitrogens with one attached hydrogen (secondary N) is 1. The molecule has 2 fully saturated rings. The first-order valence-electron chi connectivity index (χ1n) is 6.93. The van der Waals surface area contributed by atoms with Crippen LogP contribution in [0.2, 0.25) is 0 Å². The van der Waals surface area contributed by atoms with Gasteiger partial charge in [-0.15, -0.1) is 0 Å². The lowest BCUT2D eigenvalue weighted by Gasteiger charge is -2.32. The molecule has 108 valence electrons. The Labute approximate surface area is 118 Å². The van der Waals surface area contributed by atoms with Crippen molar-refractivity contribution in [2.75, 3.05) is 19.3 Å². The zero-order chi connectivity index (χ0) is 13.8. The lowest BCUT2D eigenvalue weighted by Crippen LogP contribution is -2.49. The van der Waals surface area contributed by atoms with Crippen molar-refractivity contribution in [3.63, 3.8) is 0 Å². The van der Waals surface area contributed by atoms with Crippen LogP contribution in [0.1, 0.15) is 32.1 Å². The van der Waals surface area contributed by atoms with Crippen LogP contribution in [0, 0.1) is 5.92 Å². The average molecular weight is 286 g/mol. The van der Waals surface area contributed by atoms with E-state index in [0.29, 0.717) is 24.8 Å². The van der Waals surface area contributed by atoms with Gasteiger partial charge in [0.25, 0.3) is 0 Å². The Morgan fingerprint density at radius 3 is 2.63 bits per heavy atom. The van der Waals surface area contributed by atoms with Crippen LogP contribution >= 0.6 is 11.8 Å². The van der Waals surface area contributed by atoms with Crippen molar-refractivity contribution in [2.24, 2.45) is 5.92 Å². The molecule has 0 bridgehead atoms. The molecule has 0 spiro atoms. The maximum atomic E-state index is 12.2. The fourth-order valence-electron chi connectivity index (χ4n) is 2.94. The first-order chi connectivity index (χ1) is 9.11. The Kier molecular flexibility index (Phi) is 4.96. The van der Waals surface area contributed by atoms with E-state index in [1.165, 1.54) is 12.8 Å². The zero-order valence-corrected chi connectivity index (χ0v) is 12.1. The van der Waals surface area contributed by atoms with E-state index in [9.17, 15) is 9.59 Å². The molecule has 2 amide bonds. The Morgan fingerprint density at radius 2 is 2.00 bits per heavy atom. The Hall–Kier alpha value is -0.910. The lowest BCUT2D eigenvalue weighted by molar-refractivity contribution is -0.141. The molecule has 1 heterocycles. The van der Waals surface area contributed by atoms with Crippen LogP contribution in [0.15, 0.2) is 0 Å². The van der Waals surface area contributed by atoms with Crippen LogP contribution in [0.3, 0.4) is 0 Å². The monoisotopic (exact) mass is 286 g/mol. The minimum absolute atomic E-state index is 0.0882. The van der Waals surface area contributed by atoms with Crippen molar-refractivity contribution >= 4 is 23.8 Å². The van der Waals surface area contributed by atoms with Gasteiger partial charge in [0, 0.05) is 24.4 Å². The second kappa shape index (κ2) is 6.50. The molecule has 2 rings (SSSR count). The highest BCUT2D eigenvalue weighted by Gasteiger charge is 2.33. The highest BCUT2D eigenvalue weighted by molar-refractivity contribution is 7.99. The van der Waals surface area contributed by atoms with E-state index in [-0.39, 0.29) is 12.1 Å². The molecule has 2 N–H and O–H groups in total. The number of amides is 2. The van der Waals surface area contributed by atoms with E-state index < -0.39 is 11.9 Å². The molecule has 1 aliphatic carbocycles. The summed E-state index contributed by atoms with van der Waals surface area (Å²) in [5, 5.41) is 12.5. The predicted molar refractivity (Wildman–Crippen MR) is 75.4 cm³/mol. The molecule has 2 aliphatic rings. The molecule has 1 aliphatic heterocycles. The van der Waals surface area contributed by atoms with Crippen LogP contribution in [0.5, 0.6) is 0 Å². The number of aliphatic carboxylic acids is 1. The van der Waals surface area contributed by atoms with Gasteiger partial charge in [-0.2, -0.15) is 11.8 Å². The van der Waals surface area contributed by atoms with Crippen LogP contribution in [0.4, 0.5) is 4.79 Å². The van der Waals surface area contributed by atoms with Crippen molar-refractivity contribution in [1.82, 2.24) is 10.2 Å². The van der Waals surface area contributed by atoms with Crippen molar-refractivity contribution < 1.29 is 14.7 Å². The van der Waals surface area contributed by atoms with Crippen LogP contribution in [-0.4, -0.2) is 52.6 Å². The molecule has 1 saturated heterocycles. The number of carboxylic acid groups (broad SMARTS) is 1. The molecule has 0 aromatic heterocycles. The van der Waals surface area contributed by atoms with E-state index >= 15 is 0 Å². The van der Waals surface area contributed by atoms with E-state index in [2.05, 4.69) is 11.6 Å². The van der Waals surface area contributed by atoms with Crippen molar-refractivity contribution in [3.8, 4) is 0 Å². The molecule has 19 heavy (non-hydrogen) atoms. The zero-order valence-electron chi connectivity index (χ0n) is 11.3. The summed E-state index contributed by atoms with van der Waals surface area (Å²) in [7, 11) is 0. The fraction of sp³-hybridized carbons (Fsp3) is 0.846. The number of nitrogens with zero attached hydrogens (tertiary/aromatic N) is 1. The lowest BCUT2D eigenvalue weighted by atomic mass is 9.95. The number of rotatable bonds is 3. The number of carbonyl (C=O) groups excluding carboxylic acids is 1. The van der Waals surface area contributed by atoms with Gasteiger partial charge in [0.15, 0.2) is 0 Å². The summed E-state index contributed by atoms with van der Waals surface area (Å²) in [6.45, 7) is 0.900. The van der Waals surface area contributed by atoms with E-state index in [4.69, 9.17) is 5.11 Å². The summed E-state index contributed by atoms with van der Waals surface area (Å²) in [6, 6.07) is 0.148. The van der Waals surface area contributed by atoms with Crippen molar-refractivity contribution in [3.05, 3.63) is 0 Å². The van der Waals surface area contributed by atoms with E-state index in [1.54, 1.807) is 4.90 Å². The Balaban J connectivity index is 1.85. The number of carboxylic acids is 1. The van der Waals surface area contributed by atoms with Gasteiger partial charge >= 0.3 is 12.0 Å². The smallest absolute Gasteiger partial charge is 0.317 e. The Morgan fingerprint density at radius 1 is 1.26 bits per heavy atom. The highest BCUT2D eigenvalue weighted by atomic mass is 32.2. The summed E-state index contributed by atoms with van der Waals surface area (Å²) >= 11 is 1.82. The molecule has 5 nitrogen and oxygen atoms in total. The maximum Gasteiger partial charge on any atom is 0.317 e. The number of likely N-dealkylation sites (tertiary alicyclic amines) is 1. The molecule has 3 atom stereocenters. The van der Waals surface area contributed by atoms with Gasteiger partial charge in [0.05, 0.1) is 5.92 Å². The van der Waals surface area contributed by atoms with Gasteiger partial charge in [0.1, 0.15) is 0 Å². The second-order valence-corrected chi connectivity index (χ2v) is 6.46. The van der Waals surface area contributed by atoms with Crippen LogP contribution in [-0.2, 0) is 4.79 Å². The standard InChI is InChI=1S/C13H22N2O3S/c1-19-11-5-3-2-4-10(11)14-13(18)15-7-6-9(8-15)12(16)17/h9-11H,2-8H2,1H3,(H,14,18)(H,16,17). The van der Waals surface area contributed by atoms with Gasteiger partial charge < -0.3 is 15.3 Å². The second-order valence-electron chi connectivity index (χ2n) is 5.38. The summed E-state index contributed by atoms with van der Waals surface area (Å²) < 4.78 is 0. The maximum absolute atomic E-state index is 12.2. The van der Waals surface area contributed by atoms with Crippen LogP contribution < -0.4 is 5.32 Å². The predicted octanol–water partition coefficient (Wildman–Crippen LogP) is 1.78. The first kappa shape index (κ1) is 14.5. The number of carbonyl (C=O) groups is 2. The average Bonchev–Trinajstić information content (AvgIpc) is 2.89. The summed E-state index contributed by atoms with van der Waals surface area (Å²) in [4.78, 5) is 24.7. The molecular weight excluding hydrogens is 264 g/mol. The topological polar surface area (TPSA) is 69.6 Å².